The minimum Gasteiger partial charge on any atom is -0.481 e. The van der Waals surface area contributed by atoms with Crippen LogP contribution in [-0.4, -0.2) is 48.7 Å². The molecule has 0 aliphatic carbocycles. The second kappa shape index (κ2) is 6.08. The van der Waals surface area contributed by atoms with Gasteiger partial charge in [-0.15, -0.1) is 0 Å². The molecule has 1 fully saturated rings. The SMILES string of the molecule is CC(CC(=O)O)N(C)CC1CCNCC1. The van der Waals surface area contributed by atoms with E-state index in [1.165, 1.54) is 12.8 Å². The van der Waals surface area contributed by atoms with Crippen molar-refractivity contribution in [3.63, 3.8) is 0 Å². The maximum atomic E-state index is 10.6. The summed E-state index contributed by atoms with van der Waals surface area (Å²) in [5.74, 6) is 0.0205. The molecule has 15 heavy (non-hydrogen) atoms. The Labute approximate surface area is 91.6 Å². The Bertz CT molecular complexity index is 203. The molecule has 4 heteroatoms. The first-order valence-corrected chi connectivity index (χ1v) is 5.72. The van der Waals surface area contributed by atoms with Gasteiger partial charge in [-0.05, 0) is 45.8 Å². The molecular weight excluding hydrogens is 192 g/mol. The number of aliphatic carboxylic acids is 1. The van der Waals surface area contributed by atoms with Crippen molar-refractivity contribution in [3.05, 3.63) is 0 Å². The maximum Gasteiger partial charge on any atom is 0.304 e. The predicted octanol–water partition coefficient (Wildman–Crippen LogP) is 0.781. The number of carboxylic acid groups (broad SMARTS) is 1. The highest BCUT2D eigenvalue weighted by Gasteiger charge is 2.19. The molecule has 4 nitrogen and oxygen atoms in total. The fourth-order valence-electron chi connectivity index (χ4n) is 2.06. The third-order valence-electron chi connectivity index (χ3n) is 3.23. The monoisotopic (exact) mass is 214 g/mol. The lowest BCUT2D eigenvalue weighted by Gasteiger charge is -2.30. The van der Waals surface area contributed by atoms with E-state index in [4.69, 9.17) is 5.11 Å². The molecule has 2 N–H and O–H groups in total. The van der Waals surface area contributed by atoms with Crippen LogP contribution in [0.4, 0.5) is 0 Å². The lowest BCUT2D eigenvalue weighted by atomic mass is 9.97. The topological polar surface area (TPSA) is 52.6 Å². The van der Waals surface area contributed by atoms with Crippen molar-refractivity contribution in [1.29, 1.82) is 0 Å². The number of nitrogens with zero attached hydrogens (tertiary/aromatic N) is 1. The zero-order chi connectivity index (χ0) is 11.3. The van der Waals surface area contributed by atoms with Crippen molar-refractivity contribution >= 4 is 5.97 Å². The Balaban J connectivity index is 2.26. The summed E-state index contributed by atoms with van der Waals surface area (Å²) in [7, 11) is 2.02. The molecule has 0 radical (unpaired) electrons. The van der Waals surface area contributed by atoms with Gasteiger partial charge in [0.2, 0.25) is 0 Å². The van der Waals surface area contributed by atoms with Crippen molar-refractivity contribution in [3.8, 4) is 0 Å². The molecule has 0 aromatic heterocycles. The number of rotatable bonds is 5. The molecule has 0 saturated carbocycles. The first kappa shape index (κ1) is 12.5. The highest BCUT2D eigenvalue weighted by Crippen LogP contribution is 2.14. The summed E-state index contributed by atoms with van der Waals surface area (Å²) in [5, 5.41) is 12.0. The van der Waals surface area contributed by atoms with Crippen molar-refractivity contribution in [2.75, 3.05) is 26.7 Å². The van der Waals surface area contributed by atoms with E-state index in [2.05, 4.69) is 10.2 Å². The van der Waals surface area contributed by atoms with E-state index in [0.29, 0.717) is 0 Å². The Hall–Kier alpha value is -0.610. The third-order valence-corrected chi connectivity index (χ3v) is 3.23. The largest absolute Gasteiger partial charge is 0.481 e. The minimum absolute atomic E-state index is 0.136. The Morgan fingerprint density at radius 1 is 1.53 bits per heavy atom. The molecular formula is C11H22N2O2. The van der Waals surface area contributed by atoms with E-state index in [9.17, 15) is 4.79 Å². The summed E-state index contributed by atoms with van der Waals surface area (Å²) in [4.78, 5) is 12.7. The average molecular weight is 214 g/mol. The quantitative estimate of drug-likeness (QED) is 0.710. The highest BCUT2D eigenvalue weighted by molar-refractivity contribution is 5.67. The van der Waals surface area contributed by atoms with E-state index in [1.807, 2.05) is 14.0 Å². The lowest BCUT2D eigenvalue weighted by molar-refractivity contribution is -0.138. The van der Waals surface area contributed by atoms with E-state index >= 15 is 0 Å². The molecule has 0 bridgehead atoms. The molecule has 0 amide bonds. The zero-order valence-electron chi connectivity index (χ0n) is 9.70. The van der Waals surface area contributed by atoms with Crippen LogP contribution in [0.25, 0.3) is 0 Å². The van der Waals surface area contributed by atoms with Gasteiger partial charge in [-0.3, -0.25) is 4.79 Å². The smallest absolute Gasteiger partial charge is 0.304 e. The van der Waals surface area contributed by atoms with Gasteiger partial charge in [-0.1, -0.05) is 0 Å². The van der Waals surface area contributed by atoms with Gasteiger partial charge in [0.05, 0.1) is 6.42 Å². The Morgan fingerprint density at radius 3 is 2.67 bits per heavy atom. The van der Waals surface area contributed by atoms with Gasteiger partial charge < -0.3 is 15.3 Å². The molecule has 88 valence electrons. The fourth-order valence-corrected chi connectivity index (χ4v) is 2.06. The zero-order valence-corrected chi connectivity index (χ0v) is 9.70. The number of nitrogens with one attached hydrogen (secondary N) is 1. The molecule has 1 aliphatic rings. The standard InChI is InChI=1S/C11H22N2O2/c1-9(7-11(14)15)13(2)8-10-3-5-12-6-4-10/h9-10,12H,3-8H2,1-2H3,(H,14,15). The number of carboxylic acids is 1. The van der Waals surface area contributed by atoms with Crippen LogP contribution in [0.1, 0.15) is 26.2 Å². The van der Waals surface area contributed by atoms with Crippen LogP contribution < -0.4 is 5.32 Å². The Morgan fingerprint density at radius 2 is 2.13 bits per heavy atom. The molecule has 1 heterocycles. The van der Waals surface area contributed by atoms with Crippen molar-refractivity contribution in [1.82, 2.24) is 10.2 Å². The second-order valence-electron chi connectivity index (χ2n) is 4.58. The molecule has 1 atom stereocenters. The summed E-state index contributed by atoms with van der Waals surface area (Å²) in [5.41, 5.74) is 0. The molecule has 1 saturated heterocycles. The summed E-state index contributed by atoms with van der Waals surface area (Å²) in [6, 6.07) is 0.136. The highest BCUT2D eigenvalue weighted by atomic mass is 16.4. The average Bonchev–Trinajstić information content (AvgIpc) is 2.18. The van der Waals surface area contributed by atoms with Crippen LogP contribution in [0.5, 0.6) is 0 Å². The molecule has 1 unspecified atom stereocenters. The molecule has 1 aliphatic heterocycles. The number of hydrogen-bond acceptors (Lipinski definition) is 3. The van der Waals surface area contributed by atoms with Crippen LogP contribution in [0.2, 0.25) is 0 Å². The van der Waals surface area contributed by atoms with Gasteiger partial charge in [0, 0.05) is 12.6 Å². The summed E-state index contributed by atoms with van der Waals surface area (Å²) in [6.07, 6.45) is 2.66. The molecule has 0 aromatic rings. The third kappa shape index (κ3) is 4.62. The van der Waals surface area contributed by atoms with Crippen molar-refractivity contribution < 1.29 is 9.90 Å². The van der Waals surface area contributed by atoms with Crippen molar-refractivity contribution in [2.45, 2.75) is 32.2 Å². The van der Waals surface area contributed by atoms with E-state index < -0.39 is 5.97 Å². The number of piperidine rings is 1. The van der Waals surface area contributed by atoms with Crippen LogP contribution in [0.3, 0.4) is 0 Å². The van der Waals surface area contributed by atoms with E-state index in [0.717, 1.165) is 25.6 Å². The van der Waals surface area contributed by atoms with Gasteiger partial charge in [0.25, 0.3) is 0 Å². The number of hydrogen-bond donors (Lipinski definition) is 2. The van der Waals surface area contributed by atoms with Crippen LogP contribution in [0.15, 0.2) is 0 Å². The normalized spacial score (nSPS) is 20.5. The predicted molar refractivity (Wildman–Crippen MR) is 59.9 cm³/mol. The van der Waals surface area contributed by atoms with Gasteiger partial charge in [0.1, 0.15) is 0 Å². The summed E-state index contributed by atoms with van der Waals surface area (Å²) < 4.78 is 0. The molecule has 0 spiro atoms. The van der Waals surface area contributed by atoms with E-state index in [1.54, 1.807) is 0 Å². The minimum atomic E-state index is -0.709. The maximum absolute atomic E-state index is 10.6. The van der Waals surface area contributed by atoms with Gasteiger partial charge in [0.15, 0.2) is 0 Å². The second-order valence-corrected chi connectivity index (χ2v) is 4.58. The van der Waals surface area contributed by atoms with Crippen LogP contribution in [0, 0.1) is 5.92 Å². The van der Waals surface area contributed by atoms with Crippen LogP contribution in [-0.2, 0) is 4.79 Å². The fraction of sp³-hybridized carbons (Fsp3) is 0.909. The molecule has 1 rings (SSSR count). The summed E-state index contributed by atoms with van der Waals surface area (Å²) >= 11 is 0. The summed E-state index contributed by atoms with van der Waals surface area (Å²) in [6.45, 7) is 5.21. The van der Waals surface area contributed by atoms with Gasteiger partial charge in [-0.2, -0.15) is 0 Å². The number of carbonyl (C=O) groups is 1. The van der Waals surface area contributed by atoms with Crippen LogP contribution >= 0.6 is 0 Å². The van der Waals surface area contributed by atoms with Gasteiger partial charge in [-0.25, -0.2) is 0 Å². The van der Waals surface area contributed by atoms with E-state index in [-0.39, 0.29) is 12.5 Å². The first-order valence-electron chi connectivity index (χ1n) is 5.72. The molecule has 0 aromatic carbocycles. The van der Waals surface area contributed by atoms with Crippen molar-refractivity contribution in [2.24, 2.45) is 5.92 Å². The Kier molecular flexibility index (Phi) is 5.05. The lowest BCUT2D eigenvalue weighted by Crippen LogP contribution is -2.39. The first-order chi connectivity index (χ1) is 7.09. The van der Waals surface area contributed by atoms with Gasteiger partial charge >= 0.3 is 5.97 Å².